The average molecular weight is 689 g/mol. The number of anilines is 3. The normalized spacial score (nSPS) is 12.0. The summed E-state index contributed by atoms with van der Waals surface area (Å²) >= 11 is 11.8. The minimum absolute atomic E-state index is 0.0789. The van der Waals surface area contributed by atoms with E-state index in [9.17, 15) is 34.8 Å². The highest BCUT2D eigenvalue weighted by atomic mass is 35.5. The van der Waals surface area contributed by atoms with Crippen molar-refractivity contribution < 1.29 is 39.5 Å². The molecule has 44 heavy (non-hydrogen) atoms. The van der Waals surface area contributed by atoms with Gasteiger partial charge in [-0.05, 0) is 72.8 Å². The second-order valence-corrected chi connectivity index (χ2v) is 13.4. The number of benzene rings is 4. The number of sulfonamides is 2. The fourth-order valence-corrected chi connectivity index (χ4v) is 6.87. The highest BCUT2D eigenvalue weighted by molar-refractivity contribution is 7.93. The third kappa shape index (κ3) is 7.56. The van der Waals surface area contributed by atoms with E-state index >= 15 is 0 Å². The molecule has 0 saturated carbocycles. The largest absolute Gasteiger partial charge is 0.495 e. The van der Waals surface area contributed by atoms with Crippen LogP contribution in [0.1, 0.15) is 5.56 Å². The molecule has 0 saturated heterocycles. The maximum Gasteiger partial charge on any atom is 0.417 e. The van der Waals surface area contributed by atoms with Crippen LogP contribution in [0.5, 0.6) is 5.75 Å². The van der Waals surface area contributed by atoms with Crippen LogP contribution >= 0.6 is 23.2 Å². The van der Waals surface area contributed by atoms with Crippen molar-refractivity contribution in [2.75, 3.05) is 28.0 Å². The minimum atomic E-state index is -4.80. The summed E-state index contributed by atoms with van der Waals surface area (Å²) in [6.07, 6.45) is -4.80. The van der Waals surface area contributed by atoms with Gasteiger partial charge in [-0.1, -0.05) is 41.4 Å². The molecule has 0 fully saturated rings. The molecular formula is C28H22Cl2F3N3O6S2. The number of hydrogen-bond acceptors (Lipinski definition) is 6. The topological polar surface area (TPSA) is 122 Å². The van der Waals surface area contributed by atoms with Crippen LogP contribution in [0.4, 0.5) is 30.2 Å². The molecule has 0 aliphatic carbocycles. The maximum atomic E-state index is 13.5. The predicted molar refractivity (Wildman–Crippen MR) is 161 cm³/mol. The Bertz CT molecular complexity index is 1890. The second-order valence-electron chi connectivity index (χ2n) is 9.01. The zero-order valence-corrected chi connectivity index (χ0v) is 25.6. The van der Waals surface area contributed by atoms with Crippen LogP contribution in [0.2, 0.25) is 10.0 Å². The molecular weight excluding hydrogens is 666 g/mol. The van der Waals surface area contributed by atoms with Gasteiger partial charge in [0.25, 0.3) is 20.0 Å². The third-order valence-corrected chi connectivity index (χ3v) is 9.82. The number of halogens is 5. The molecule has 0 radical (unpaired) electrons. The molecule has 16 heteroatoms. The first-order chi connectivity index (χ1) is 20.6. The summed E-state index contributed by atoms with van der Waals surface area (Å²) in [5.74, 6) is -0.482. The van der Waals surface area contributed by atoms with E-state index in [2.05, 4.69) is 10.0 Å². The number of methoxy groups -OCH3 is 1. The minimum Gasteiger partial charge on any atom is -0.495 e. The zero-order valence-electron chi connectivity index (χ0n) is 22.5. The third-order valence-electron chi connectivity index (χ3n) is 6.01. The van der Waals surface area contributed by atoms with Crippen molar-refractivity contribution in [1.29, 1.82) is 0 Å². The summed E-state index contributed by atoms with van der Waals surface area (Å²) in [4.78, 5) is 12.6. The Hall–Kier alpha value is -3.98. The number of carbonyl (C=O) groups excluding carboxylic acids is 1. The standard InChI is InChI=1S/C28H22Cl2F3N3O6S2/c1-42-26-14-10-20(16-25(26)30)36(44(40,41)22-5-3-2-4-6-22)17-27(37)34-18-7-11-21(12-8-18)43(38,39)35-19-9-13-24(29)23(15-19)28(31,32)33/h2-16,35H,17H2,1H3,(H,34,37). The monoisotopic (exact) mass is 687 g/mol. The Labute approximate surface area is 261 Å². The molecule has 0 spiro atoms. The van der Waals surface area contributed by atoms with Crippen molar-refractivity contribution in [3.63, 3.8) is 0 Å². The first kappa shape index (κ1) is 32.9. The number of rotatable bonds is 10. The van der Waals surface area contributed by atoms with E-state index in [1.165, 1.54) is 61.7 Å². The lowest BCUT2D eigenvalue weighted by molar-refractivity contribution is -0.137. The first-order valence-electron chi connectivity index (χ1n) is 12.3. The van der Waals surface area contributed by atoms with Crippen molar-refractivity contribution in [1.82, 2.24) is 0 Å². The zero-order chi connectivity index (χ0) is 32.3. The average Bonchev–Trinajstić information content (AvgIpc) is 2.97. The second kappa shape index (κ2) is 12.9. The van der Waals surface area contributed by atoms with Crippen molar-refractivity contribution in [3.8, 4) is 5.75 Å². The molecule has 4 aromatic carbocycles. The van der Waals surface area contributed by atoms with Gasteiger partial charge >= 0.3 is 6.18 Å². The van der Waals surface area contributed by atoms with Crippen molar-refractivity contribution >= 4 is 66.2 Å². The van der Waals surface area contributed by atoms with Gasteiger partial charge in [-0.15, -0.1) is 0 Å². The Kier molecular flexibility index (Phi) is 9.68. The Balaban J connectivity index is 1.54. The van der Waals surface area contributed by atoms with E-state index < -0.39 is 49.3 Å². The highest BCUT2D eigenvalue weighted by Crippen LogP contribution is 2.37. The highest BCUT2D eigenvalue weighted by Gasteiger charge is 2.34. The lowest BCUT2D eigenvalue weighted by Gasteiger charge is -2.24. The van der Waals surface area contributed by atoms with Gasteiger partial charge in [-0.25, -0.2) is 16.8 Å². The number of amides is 1. The molecule has 0 atom stereocenters. The van der Waals surface area contributed by atoms with E-state index in [4.69, 9.17) is 27.9 Å². The summed E-state index contributed by atoms with van der Waals surface area (Å²) < 4.78 is 100. The van der Waals surface area contributed by atoms with Crippen LogP contribution in [0.25, 0.3) is 0 Å². The summed E-state index contributed by atoms with van der Waals surface area (Å²) in [5.41, 5.74) is -1.38. The molecule has 0 unspecified atom stereocenters. The lowest BCUT2D eigenvalue weighted by atomic mass is 10.2. The van der Waals surface area contributed by atoms with Gasteiger partial charge in [0, 0.05) is 11.4 Å². The van der Waals surface area contributed by atoms with Crippen LogP contribution in [0, 0.1) is 0 Å². The van der Waals surface area contributed by atoms with Gasteiger partial charge in [0.2, 0.25) is 5.91 Å². The lowest BCUT2D eigenvalue weighted by Crippen LogP contribution is -2.38. The quantitative estimate of drug-likeness (QED) is 0.192. The maximum absolute atomic E-state index is 13.5. The predicted octanol–water partition coefficient (Wildman–Crippen LogP) is 6.66. The smallest absolute Gasteiger partial charge is 0.417 e. The van der Waals surface area contributed by atoms with Crippen LogP contribution < -0.4 is 19.1 Å². The molecule has 9 nitrogen and oxygen atoms in total. The Morgan fingerprint density at radius 3 is 2.05 bits per heavy atom. The van der Waals surface area contributed by atoms with Crippen molar-refractivity contribution in [3.05, 3.63) is 107 Å². The fraction of sp³-hybridized carbons (Fsp3) is 0.107. The SMILES string of the molecule is COc1ccc(N(CC(=O)Nc2ccc(S(=O)(=O)Nc3ccc(Cl)c(C(F)(F)F)c3)cc2)S(=O)(=O)c2ccccc2)cc1Cl. The van der Waals surface area contributed by atoms with Gasteiger partial charge < -0.3 is 10.1 Å². The Morgan fingerprint density at radius 1 is 0.818 bits per heavy atom. The molecule has 1 amide bonds. The van der Waals surface area contributed by atoms with E-state index in [1.807, 2.05) is 0 Å². The van der Waals surface area contributed by atoms with Gasteiger partial charge in [0.1, 0.15) is 12.3 Å². The van der Waals surface area contributed by atoms with Crippen LogP contribution in [0.15, 0.2) is 101 Å². The summed E-state index contributed by atoms with van der Waals surface area (Å²) in [5, 5.41) is 2.02. The van der Waals surface area contributed by atoms with Gasteiger partial charge in [-0.3, -0.25) is 13.8 Å². The summed E-state index contributed by atoms with van der Waals surface area (Å²) in [6.45, 7) is -0.681. The van der Waals surface area contributed by atoms with Gasteiger partial charge in [0.15, 0.2) is 0 Å². The molecule has 0 aliphatic rings. The van der Waals surface area contributed by atoms with Gasteiger partial charge in [-0.2, -0.15) is 13.2 Å². The molecule has 2 N–H and O–H groups in total. The number of hydrogen-bond donors (Lipinski definition) is 2. The molecule has 0 aromatic heterocycles. The number of ether oxygens (including phenoxy) is 1. The number of nitrogens with zero attached hydrogens (tertiary/aromatic N) is 1. The van der Waals surface area contributed by atoms with E-state index in [-0.39, 0.29) is 31.9 Å². The molecule has 232 valence electrons. The van der Waals surface area contributed by atoms with Crippen molar-refractivity contribution in [2.24, 2.45) is 0 Å². The molecule has 4 rings (SSSR count). The van der Waals surface area contributed by atoms with E-state index in [0.717, 1.165) is 28.6 Å². The van der Waals surface area contributed by atoms with E-state index in [0.29, 0.717) is 11.8 Å². The van der Waals surface area contributed by atoms with Crippen molar-refractivity contribution in [2.45, 2.75) is 16.0 Å². The molecule has 0 heterocycles. The fourth-order valence-electron chi connectivity index (χ4n) is 3.91. The Morgan fingerprint density at radius 2 is 1.45 bits per heavy atom. The van der Waals surface area contributed by atoms with Crippen LogP contribution in [0.3, 0.4) is 0 Å². The van der Waals surface area contributed by atoms with Crippen LogP contribution in [-0.2, 0) is 31.0 Å². The summed E-state index contributed by atoms with van der Waals surface area (Å²) in [6, 6.07) is 18.9. The van der Waals surface area contributed by atoms with Gasteiger partial charge in [0.05, 0.1) is 38.2 Å². The summed E-state index contributed by atoms with van der Waals surface area (Å²) in [7, 11) is -7.18. The molecule has 0 bridgehead atoms. The molecule has 0 aliphatic heterocycles. The van der Waals surface area contributed by atoms with Crippen LogP contribution in [-0.4, -0.2) is 36.4 Å². The number of alkyl halides is 3. The molecule has 4 aromatic rings. The first-order valence-corrected chi connectivity index (χ1v) is 16.0. The number of nitrogens with one attached hydrogen (secondary N) is 2. The number of carbonyl (C=O) groups is 1. The van der Waals surface area contributed by atoms with E-state index in [1.54, 1.807) is 6.07 Å².